The van der Waals surface area contributed by atoms with E-state index in [1.165, 1.54) is 5.56 Å². The van der Waals surface area contributed by atoms with Gasteiger partial charge in [-0.15, -0.1) is 0 Å². The van der Waals surface area contributed by atoms with Gasteiger partial charge in [0, 0.05) is 17.5 Å². The average Bonchev–Trinajstić information content (AvgIpc) is 3.33. The van der Waals surface area contributed by atoms with Gasteiger partial charge in [-0.25, -0.2) is 9.59 Å². The van der Waals surface area contributed by atoms with Crippen molar-refractivity contribution in [3.63, 3.8) is 0 Å². The third kappa shape index (κ3) is 3.29. The van der Waals surface area contributed by atoms with Gasteiger partial charge in [-0.1, -0.05) is 35.9 Å². The number of nitrogens with zero attached hydrogens (tertiary/aromatic N) is 2. The van der Waals surface area contributed by atoms with E-state index in [4.69, 9.17) is 16.3 Å². The molecule has 7 heteroatoms. The van der Waals surface area contributed by atoms with Gasteiger partial charge in [-0.2, -0.15) is 0 Å². The van der Waals surface area contributed by atoms with Crippen molar-refractivity contribution in [2.75, 3.05) is 13.2 Å². The summed E-state index contributed by atoms with van der Waals surface area (Å²) in [5.74, 6) is -0.593. The summed E-state index contributed by atoms with van der Waals surface area (Å²) in [5, 5.41) is 10.0. The second-order valence-corrected chi connectivity index (χ2v) is 9.59. The van der Waals surface area contributed by atoms with E-state index < -0.39 is 11.5 Å². The summed E-state index contributed by atoms with van der Waals surface area (Å²) in [6, 6.07) is 20.5. The zero-order valence-electron chi connectivity index (χ0n) is 18.4. The van der Waals surface area contributed by atoms with Gasteiger partial charge in [0.2, 0.25) is 0 Å². The molecule has 6 rings (SSSR count). The van der Waals surface area contributed by atoms with E-state index in [1.807, 2.05) is 34.9 Å². The summed E-state index contributed by atoms with van der Waals surface area (Å²) in [6.45, 7) is 1.51. The number of halogens is 1. The first kappa shape index (κ1) is 21.2. The molecule has 2 fully saturated rings. The second-order valence-electron chi connectivity index (χ2n) is 9.16. The van der Waals surface area contributed by atoms with E-state index >= 15 is 0 Å². The molecule has 1 aliphatic carbocycles. The number of carboxylic acid groups (broad SMARTS) is 1. The molecule has 1 N–H and O–H groups in total. The van der Waals surface area contributed by atoms with E-state index in [9.17, 15) is 14.7 Å². The molecular formula is C27H23ClN2O4. The maximum absolute atomic E-state index is 14.0. The number of hydrogen-bond acceptors (Lipinski definition) is 3. The van der Waals surface area contributed by atoms with Crippen LogP contribution in [0.25, 0.3) is 16.7 Å². The third-order valence-corrected chi connectivity index (χ3v) is 7.39. The molecule has 3 aromatic carbocycles. The zero-order valence-corrected chi connectivity index (χ0v) is 19.2. The summed E-state index contributed by atoms with van der Waals surface area (Å²) in [6.07, 6.45) is 2.53. The Morgan fingerprint density at radius 3 is 2.50 bits per heavy atom. The van der Waals surface area contributed by atoms with Crippen LogP contribution in [0, 0.1) is 0 Å². The van der Waals surface area contributed by atoms with E-state index in [1.54, 1.807) is 28.8 Å². The summed E-state index contributed by atoms with van der Waals surface area (Å²) in [5.41, 5.74) is 3.81. The Kier molecular flexibility index (Phi) is 4.90. The quantitative estimate of drug-likeness (QED) is 0.432. The van der Waals surface area contributed by atoms with Gasteiger partial charge in [0.25, 0.3) is 0 Å². The number of aromatic carboxylic acids is 1. The summed E-state index contributed by atoms with van der Waals surface area (Å²) in [4.78, 5) is 25.5. The van der Waals surface area contributed by atoms with Crippen molar-refractivity contribution < 1.29 is 14.6 Å². The van der Waals surface area contributed by atoms with Crippen molar-refractivity contribution >= 4 is 28.6 Å². The Hall–Kier alpha value is -3.35. The number of carboxylic acids is 1. The van der Waals surface area contributed by atoms with Crippen LogP contribution >= 0.6 is 11.6 Å². The van der Waals surface area contributed by atoms with E-state index in [-0.39, 0.29) is 11.3 Å². The molecule has 1 saturated heterocycles. The van der Waals surface area contributed by atoms with Crippen LogP contribution in [0.3, 0.4) is 0 Å². The predicted molar refractivity (Wildman–Crippen MR) is 130 cm³/mol. The summed E-state index contributed by atoms with van der Waals surface area (Å²) in [7, 11) is 0. The Balaban J connectivity index is 1.52. The van der Waals surface area contributed by atoms with Crippen LogP contribution in [-0.2, 0) is 10.3 Å². The monoisotopic (exact) mass is 474 g/mol. The van der Waals surface area contributed by atoms with Crippen molar-refractivity contribution in [3.05, 3.63) is 98.9 Å². The lowest BCUT2D eigenvalue weighted by atomic mass is 9.98. The van der Waals surface area contributed by atoms with Gasteiger partial charge in [0.1, 0.15) is 0 Å². The van der Waals surface area contributed by atoms with Crippen molar-refractivity contribution in [3.8, 4) is 5.69 Å². The Morgan fingerprint density at radius 2 is 1.82 bits per heavy atom. The van der Waals surface area contributed by atoms with Crippen LogP contribution in [0.2, 0.25) is 5.02 Å². The minimum absolute atomic E-state index is 0.160. The molecule has 6 nitrogen and oxygen atoms in total. The lowest BCUT2D eigenvalue weighted by molar-refractivity contribution is 0.0696. The highest BCUT2D eigenvalue weighted by Gasteiger charge is 2.49. The standard InChI is InChI=1S/C27H23ClN2O4/c28-21-6-9-23-24(15-21)29(22-7-4-17(5-8-22)19-10-13-34-16-19)26(33)30(23)27(11-12-27)20-3-1-2-18(14-20)25(31)32/h1-9,14-15,19H,10-13,16H2,(H,31,32). The molecule has 34 heavy (non-hydrogen) atoms. The highest BCUT2D eigenvalue weighted by Crippen LogP contribution is 2.50. The van der Waals surface area contributed by atoms with Crippen LogP contribution in [0.15, 0.2) is 71.5 Å². The number of fused-ring (bicyclic) bond motifs is 1. The number of imidazole rings is 1. The molecule has 1 unspecified atom stereocenters. The van der Waals surface area contributed by atoms with Crippen LogP contribution in [0.5, 0.6) is 0 Å². The SMILES string of the molecule is O=C(O)c1cccc(C2(n3c(=O)n(-c4ccc(C5CCOC5)cc4)c4cc(Cl)ccc43)CC2)c1. The molecule has 1 aromatic heterocycles. The first-order valence-electron chi connectivity index (χ1n) is 11.4. The fourth-order valence-electron chi connectivity index (χ4n) is 5.23. The topological polar surface area (TPSA) is 73.5 Å². The number of rotatable bonds is 5. The third-order valence-electron chi connectivity index (χ3n) is 7.15. The minimum atomic E-state index is -0.980. The first-order chi connectivity index (χ1) is 16.5. The molecule has 1 aliphatic heterocycles. The van der Waals surface area contributed by atoms with Gasteiger partial charge in [0.05, 0.1) is 34.4 Å². The number of benzene rings is 3. The highest BCUT2D eigenvalue weighted by atomic mass is 35.5. The molecule has 1 atom stereocenters. The van der Waals surface area contributed by atoms with Crippen LogP contribution in [0.4, 0.5) is 0 Å². The lowest BCUT2D eigenvalue weighted by Gasteiger charge is -2.18. The van der Waals surface area contributed by atoms with Gasteiger partial charge in [-0.05, 0) is 72.9 Å². The number of carbonyl (C=O) groups is 1. The number of hydrogen-bond donors (Lipinski definition) is 1. The van der Waals surface area contributed by atoms with Gasteiger partial charge in [0.15, 0.2) is 0 Å². The van der Waals surface area contributed by atoms with Crippen molar-refractivity contribution in [1.82, 2.24) is 9.13 Å². The van der Waals surface area contributed by atoms with Crippen molar-refractivity contribution in [2.24, 2.45) is 0 Å². The first-order valence-corrected chi connectivity index (χ1v) is 11.8. The molecule has 1 saturated carbocycles. The van der Waals surface area contributed by atoms with Gasteiger partial charge < -0.3 is 9.84 Å². The molecule has 0 radical (unpaired) electrons. The fraction of sp³-hybridized carbons (Fsp3) is 0.259. The maximum atomic E-state index is 14.0. The summed E-state index contributed by atoms with van der Waals surface area (Å²) < 4.78 is 9.04. The molecule has 2 aliphatic rings. The Bertz CT molecular complexity index is 1480. The minimum Gasteiger partial charge on any atom is -0.478 e. The molecule has 172 valence electrons. The summed E-state index contributed by atoms with van der Waals surface area (Å²) >= 11 is 6.35. The van der Waals surface area contributed by atoms with E-state index in [0.717, 1.165) is 54.8 Å². The largest absolute Gasteiger partial charge is 0.478 e. The van der Waals surface area contributed by atoms with Crippen LogP contribution in [-0.4, -0.2) is 33.4 Å². The number of ether oxygens (including phenoxy) is 1. The van der Waals surface area contributed by atoms with Crippen LogP contribution in [0.1, 0.15) is 46.7 Å². The maximum Gasteiger partial charge on any atom is 0.335 e. The highest BCUT2D eigenvalue weighted by molar-refractivity contribution is 6.31. The zero-order chi connectivity index (χ0) is 23.4. The average molecular weight is 475 g/mol. The predicted octanol–water partition coefficient (Wildman–Crippen LogP) is 5.19. The van der Waals surface area contributed by atoms with Crippen LogP contribution < -0.4 is 5.69 Å². The van der Waals surface area contributed by atoms with Gasteiger partial charge >= 0.3 is 11.7 Å². The van der Waals surface area contributed by atoms with Gasteiger partial charge in [-0.3, -0.25) is 9.13 Å². The lowest BCUT2D eigenvalue weighted by Crippen LogP contribution is -2.32. The molecule has 0 spiro atoms. The molecular weight excluding hydrogens is 452 g/mol. The Labute approximate surface area is 201 Å². The molecule has 0 bridgehead atoms. The molecule has 4 aromatic rings. The number of aromatic nitrogens is 2. The smallest absolute Gasteiger partial charge is 0.335 e. The van der Waals surface area contributed by atoms with E-state index in [2.05, 4.69) is 12.1 Å². The Morgan fingerprint density at radius 1 is 1.03 bits per heavy atom. The second kappa shape index (κ2) is 7.86. The molecule has 0 amide bonds. The normalized spacial score (nSPS) is 18.9. The fourth-order valence-corrected chi connectivity index (χ4v) is 5.39. The van der Waals surface area contributed by atoms with Crippen molar-refractivity contribution in [2.45, 2.75) is 30.7 Å². The van der Waals surface area contributed by atoms with Crippen molar-refractivity contribution in [1.29, 1.82) is 0 Å². The van der Waals surface area contributed by atoms with E-state index in [0.29, 0.717) is 10.9 Å². The molecule has 2 heterocycles.